The van der Waals surface area contributed by atoms with Crippen molar-refractivity contribution in [2.24, 2.45) is 5.73 Å². The van der Waals surface area contributed by atoms with E-state index in [4.69, 9.17) is 5.73 Å². The molecule has 1 atom stereocenters. The Labute approximate surface area is 35.1 Å². The Balaban J connectivity index is 2.47. The molecule has 34 valence electrons. The summed E-state index contributed by atoms with van der Waals surface area (Å²) in [5.41, 5.74) is 4.17. The number of nitrogens with two attached hydrogens (primary N) is 1. The van der Waals surface area contributed by atoms with Crippen LogP contribution in [0.1, 0.15) is 0 Å². The monoisotopic (exact) mass is 87.0 g/mol. The fourth-order valence-corrected chi connectivity index (χ4v) is 0.151. The molecular weight excluding hydrogens is 82.0 g/mol. The molecule has 0 aromatic heterocycles. The zero-order chi connectivity index (χ0) is 4.62. The van der Waals surface area contributed by atoms with E-state index in [1.165, 1.54) is 0 Å². The molecule has 0 amide bonds. The molecule has 6 heavy (non-hydrogen) atoms. The lowest BCUT2D eigenvalue weighted by atomic mass is 10.4. The largest absolute Gasteiger partial charge is 0.346 e. The Morgan fingerprint density at radius 2 is 2.50 bits per heavy atom. The maximum absolute atomic E-state index is 9.64. The molecule has 1 aliphatic heterocycles. The van der Waals surface area contributed by atoms with Crippen molar-refractivity contribution in [1.82, 2.24) is 0 Å². The van der Waals surface area contributed by atoms with E-state index in [0.29, 0.717) is 12.9 Å². The fourth-order valence-electron chi connectivity index (χ4n) is 0.151. The first-order valence-electron chi connectivity index (χ1n) is 1.66. The highest BCUT2D eigenvalue weighted by molar-refractivity contribution is 5.64. The van der Waals surface area contributed by atoms with E-state index >= 15 is 0 Å². The lowest BCUT2D eigenvalue weighted by molar-refractivity contribution is -0.112. The van der Waals surface area contributed by atoms with Crippen molar-refractivity contribution in [2.45, 2.75) is 5.72 Å². The molecular formula is C3H5NO2. The predicted octanol–water partition coefficient (Wildman–Crippen LogP) is -1.13. The van der Waals surface area contributed by atoms with Crippen molar-refractivity contribution in [3.05, 3.63) is 0 Å². The average molecular weight is 87.1 g/mol. The van der Waals surface area contributed by atoms with Crippen LogP contribution in [0.5, 0.6) is 0 Å². The minimum Gasteiger partial charge on any atom is -0.346 e. The van der Waals surface area contributed by atoms with Crippen molar-refractivity contribution >= 4 is 6.29 Å². The van der Waals surface area contributed by atoms with Gasteiger partial charge in [-0.3, -0.25) is 10.5 Å². The van der Waals surface area contributed by atoms with Crippen molar-refractivity contribution in [2.75, 3.05) is 6.61 Å². The molecule has 1 saturated heterocycles. The van der Waals surface area contributed by atoms with Gasteiger partial charge in [0.2, 0.25) is 0 Å². The molecule has 1 heterocycles. The van der Waals surface area contributed by atoms with Gasteiger partial charge in [0.1, 0.15) is 0 Å². The quantitative estimate of drug-likeness (QED) is 0.325. The second kappa shape index (κ2) is 0.802. The van der Waals surface area contributed by atoms with Crippen LogP contribution < -0.4 is 5.73 Å². The molecule has 0 saturated carbocycles. The van der Waals surface area contributed by atoms with Crippen LogP contribution in [-0.4, -0.2) is 18.6 Å². The highest BCUT2D eigenvalue weighted by Crippen LogP contribution is 2.14. The van der Waals surface area contributed by atoms with Crippen LogP contribution in [0.15, 0.2) is 0 Å². The molecule has 1 rings (SSSR count). The summed E-state index contributed by atoms with van der Waals surface area (Å²) in [6, 6.07) is 0. The molecule has 1 aliphatic rings. The van der Waals surface area contributed by atoms with Gasteiger partial charge in [-0.2, -0.15) is 0 Å². The summed E-state index contributed by atoms with van der Waals surface area (Å²) < 4.78 is 4.45. The van der Waals surface area contributed by atoms with Crippen LogP contribution in [0, 0.1) is 0 Å². The van der Waals surface area contributed by atoms with Crippen LogP contribution in [0.2, 0.25) is 0 Å². The Morgan fingerprint density at radius 3 is 2.50 bits per heavy atom. The third-order valence-corrected chi connectivity index (χ3v) is 0.677. The van der Waals surface area contributed by atoms with Gasteiger partial charge in [0, 0.05) is 0 Å². The number of aldehydes is 1. The maximum Gasteiger partial charge on any atom is 0.196 e. The Hall–Kier alpha value is -0.410. The molecule has 0 spiro atoms. The number of hydrogen-bond donors (Lipinski definition) is 1. The van der Waals surface area contributed by atoms with E-state index in [-0.39, 0.29) is 0 Å². The summed E-state index contributed by atoms with van der Waals surface area (Å²) in [5, 5.41) is 0. The lowest BCUT2D eigenvalue weighted by Gasteiger charge is -1.82. The van der Waals surface area contributed by atoms with Gasteiger partial charge in [-0.1, -0.05) is 0 Å². The van der Waals surface area contributed by atoms with E-state index in [1.54, 1.807) is 0 Å². The maximum atomic E-state index is 9.64. The topological polar surface area (TPSA) is 55.6 Å². The first-order valence-corrected chi connectivity index (χ1v) is 1.66. The van der Waals surface area contributed by atoms with Crippen molar-refractivity contribution in [3.8, 4) is 0 Å². The molecule has 0 aromatic carbocycles. The summed E-state index contributed by atoms with van der Waals surface area (Å²) in [6.45, 7) is 0.385. The summed E-state index contributed by atoms with van der Waals surface area (Å²) in [4.78, 5) is 9.64. The van der Waals surface area contributed by atoms with E-state index in [1.807, 2.05) is 0 Å². The summed E-state index contributed by atoms with van der Waals surface area (Å²) in [6.07, 6.45) is 0.604. The van der Waals surface area contributed by atoms with E-state index < -0.39 is 5.72 Å². The third kappa shape index (κ3) is 0.418. The standard InChI is InChI=1S/C3H5NO2/c4-3(1-5)2-6-3/h1H,2,4H2. The number of epoxide rings is 1. The molecule has 0 bridgehead atoms. The highest BCUT2D eigenvalue weighted by atomic mass is 16.6. The fraction of sp³-hybridized carbons (Fsp3) is 0.667. The smallest absolute Gasteiger partial charge is 0.196 e. The molecule has 3 nitrogen and oxygen atoms in total. The van der Waals surface area contributed by atoms with Crippen LogP contribution in [0.25, 0.3) is 0 Å². The minimum atomic E-state index is -0.889. The first kappa shape index (κ1) is 3.77. The summed E-state index contributed by atoms with van der Waals surface area (Å²) >= 11 is 0. The van der Waals surface area contributed by atoms with E-state index in [2.05, 4.69) is 4.74 Å². The molecule has 0 aromatic rings. The number of hydrogen-bond acceptors (Lipinski definition) is 3. The van der Waals surface area contributed by atoms with Gasteiger partial charge in [0.15, 0.2) is 12.0 Å². The van der Waals surface area contributed by atoms with E-state index in [9.17, 15) is 4.79 Å². The zero-order valence-corrected chi connectivity index (χ0v) is 3.18. The van der Waals surface area contributed by atoms with Crippen LogP contribution in [-0.2, 0) is 9.53 Å². The molecule has 2 N–H and O–H groups in total. The molecule has 1 fully saturated rings. The average Bonchev–Trinajstić information content (AvgIpc) is 2.22. The summed E-state index contributed by atoms with van der Waals surface area (Å²) in [7, 11) is 0. The highest BCUT2D eigenvalue weighted by Gasteiger charge is 2.39. The molecule has 1 unspecified atom stereocenters. The normalized spacial score (nSPS) is 42.2. The Morgan fingerprint density at radius 1 is 2.00 bits per heavy atom. The predicted molar refractivity (Wildman–Crippen MR) is 18.9 cm³/mol. The third-order valence-electron chi connectivity index (χ3n) is 0.677. The first-order chi connectivity index (χ1) is 2.77. The number of ether oxygens (including phenoxy) is 1. The van der Waals surface area contributed by atoms with Gasteiger partial charge in [0.25, 0.3) is 0 Å². The lowest BCUT2D eigenvalue weighted by Crippen LogP contribution is -2.24. The van der Waals surface area contributed by atoms with Crippen LogP contribution in [0.4, 0.5) is 0 Å². The van der Waals surface area contributed by atoms with E-state index in [0.717, 1.165) is 0 Å². The zero-order valence-electron chi connectivity index (χ0n) is 3.18. The van der Waals surface area contributed by atoms with Gasteiger partial charge in [0.05, 0.1) is 6.61 Å². The van der Waals surface area contributed by atoms with Gasteiger partial charge in [-0.25, -0.2) is 0 Å². The van der Waals surface area contributed by atoms with Crippen molar-refractivity contribution in [1.29, 1.82) is 0 Å². The Kier molecular flexibility index (Phi) is 0.504. The van der Waals surface area contributed by atoms with Crippen molar-refractivity contribution in [3.63, 3.8) is 0 Å². The van der Waals surface area contributed by atoms with Gasteiger partial charge >= 0.3 is 0 Å². The molecule has 0 aliphatic carbocycles. The van der Waals surface area contributed by atoms with Crippen LogP contribution >= 0.6 is 0 Å². The Bertz CT molecular complexity index is 76.9. The van der Waals surface area contributed by atoms with Gasteiger partial charge < -0.3 is 4.74 Å². The number of rotatable bonds is 1. The number of carbonyl (C=O) groups is 1. The molecule has 3 heteroatoms. The second-order valence-electron chi connectivity index (χ2n) is 1.36. The summed E-state index contributed by atoms with van der Waals surface area (Å²) in [5.74, 6) is 0. The van der Waals surface area contributed by atoms with Crippen molar-refractivity contribution < 1.29 is 9.53 Å². The van der Waals surface area contributed by atoms with Gasteiger partial charge in [-0.15, -0.1) is 0 Å². The molecule has 0 radical (unpaired) electrons. The number of carbonyl (C=O) groups excluding carboxylic acids is 1. The SMILES string of the molecule is NC1(C=O)CO1. The van der Waals surface area contributed by atoms with Gasteiger partial charge in [-0.05, 0) is 0 Å². The second-order valence-corrected chi connectivity index (χ2v) is 1.36. The minimum absolute atomic E-state index is 0.385. The van der Waals surface area contributed by atoms with Crippen LogP contribution in [0.3, 0.4) is 0 Å².